The number of rotatable bonds is 11. The lowest BCUT2D eigenvalue weighted by atomic mass is 10.1. The first-order valence-electron chi connectivity index (χ1n) is 6.59. The SMILES string of the molecule is C=CC(=O)OCC(F)S(=O)(=O)CCCCCCCC. The van der Waals surface area contributed by atoms with E-state index in [1.54, 1.807) is 0 Å². The minimum atomic E-state index is -3.84. The maximum atomic E-state index is 13.4. The molecule has 0 N–H and O–H groups in total. The third-order valence-electron chi connectivity index (χ3n) is 2.70. The van der Waals surface area contributed by atoms with Gasteiger partial charge in [0.15, 0.2) is 9.84 Å². The lowest BCUT2D eigenvalue weighted by Gasteiger charge is -2.09. The standard InChI is InChI=1S/C13H23FO4S/c1-3-5-6-7-8-9-10-19(16,17)12(14)11-18-13(15)4-2/h4,12H,2-3,5-11H2,1H3. The van der Waals surface area contributed by atoms with Gasteiger partial charge in [0.25, 0.3) is 0 Å². The van der Waals surface area contributed by atoms with E-state index in [4.69, 9.17) is 0 Å². The van der Waals surface area contributed by atoms with Crippen molar-refractivity contribution in [2.75, 3.05) is 12.4 Å². The minimum absolute atomic E-state index is 0.202. The van der Waals surface area contributed by atoms with E-state index in [2.05, 4.69) is 18.2 Å². The quantitative estimate of drug-likeness (QED) is 0.334. The van der Waals surface area contributed by atoms with Crippen LogP contribution in [0, 0.1) is 0 Å². The molecule has 19 heavy (non-hydrogen) atoms. The second-order valence-corrected chi connectivity index (χ2v) is 6.62. The summed E-state index contributed by atoms with van der Waals surface area (Å²) in [4.78, 5) is 10.7. The number of carbonyl (C=O) groups is 1. The minimum Gasteiger partial charge on any atom is -0.458 e. The monoisotopic (exact) mass is 294 g/mol. The van der Waals surface area contributed by atoms with E-state index in [9.17, 15) is 17.6 Å². The highest BCUT2D eigenvalue weighted by Gasteiger charge is 2.25. The summed E-state index contributed by atoms with van der Waals surface area (Å²) in [5, 5.41) is 0. The Kier molecular flexibility index (Phi) is 9.47. The van der Waals surface area contributed by atoms with Crippen LogP contribution < -0.4 is 0 Å². The molecule has 0 aromatic heterocycles. The van der Waals surface area contributed by atoms with E-state index in [-0.39, 0.29) is 5.75 Å². The van der Waals surface area contributed by atoms with E-state index >= 15 is 0 Å². The summed E-state index contributed by atoms with van der Waals surface area (Å²) < 4.78 is 40.9. The number of alkyl halides is 1. The van der Waals surface area contributed by atoms with E-state index < -0.39 is 27.9 Å². The van der Waals surface area contributed by atoms with Gasteiger partial charge in [-0.05, 0) is 6.42 Å². The van der Waals surface area contributed by atoms with Gasteiger partial charge in [0.05, 0.1) is 5.75 Å². The Morgan fingerprint density at radius 1 is 1.26 bits per heavy atom. The molecule has 0 radical (unpaired) electrons. The van der Waals surface area contributed by atoms with Crippen LogP contribution in [0.5, 0.6) is 0 Å². The average Bonchev–Trinajstić information content (AvgIpc) is 2.39. The van der Waals surface area contributed by atoms with Crippen molar-refractivity contribution < 1.29 is 22.3 Å². The maximum absolute atomic E-state index is 13.4. The van der Waals surface area contributed by atoms with Crippen LogP contribution in [0.2, 0.25) is 0 Å². The molecule has 0 bridgehead atoms. The summed E-state index contributed by atoms with van der Waals surface area (Å²) in [6.45, 7) is 4.48. The lowest BCUT2D eigenvalue weighted by molar-refractivity contribution is -0.138. The number of carbonyl (C=O) groups excluding carboxylic acids is 1. The number of unbranched alkanes of at least 4 members (excludes halogenated alkanes) is 5. The van der Waals surface area contributed by atoms with Crippen molar-refractivity contribution >= 4 is 15.8 Å². The Labute approximate surface area is 114 Å². The first kappa shape index (κ1) is 18.1. The summed E-state index contributed by atoms with van der Waals surface area (Å²) in [5.74, 6) is -1.02. The average molecular weight is 294 g/mol. The molecule has 0 saturated heterocycles. The van der Waals surface area contributed by atoms with Gasteiger partial charge in [-0.15, -0.1) is 0 Å². The Hall–Kier alpha value is -0.910. The van der Waals surface area contributed by atoms with Crippen LogP contribution in [0.1, 0.15) is 45.4 Å². The highest BCUT2D eigenvalue weighted by atomic mass is 32.2. The van der Waals surface area contributed by atoms with E-state index in [0.29, 0.717) is 6.42 Å². The zero-order chi connectivity index (χ0) is 14.7. The summed E-state index contributed by atoms with van der Waals surface area (Å²) in [6, 6.07) is 0. The predicted molar refractivity (Wildman–Crippen MR) is 73.2 cm³/mol. The fourth-order valence-electron chi connectivity index (χ4n) is 1.52. The number of hydrogen-bond acceptors (Lipinski definition) is 4. The van der Waals surface area contributed by atoms with Crippen LogP contribution in [0.15, 0.2) is 12.7 Å². The van der Waals surface area contributed by atoms with Gasteiger partial charge in [0, 0.05) is 6.08 Å². The van der Waals surface area contributed by atoms with Gasteiger partial charge in [0.1, 0.15) is 6.61 Å². The molecule has 1 atom stereocenters. The van der Waals surface area contributed by atoms with Gasteiger partial charge in [-0.1, -0.05) is 45.6 Å². The highest BCUT2D eigenvalue weighted by Crippen LogP contribution is 2.11. The van der Waals surface area contributed by atoms with Crippen LogP contribution in [0.4, 0.5) is 4.39 Å². The summed E-state index contributed by atoms with van der Waals surface area (Å²) in [5.41, 5.74) is -2.15. The zero-order valence-corrected chi connectivity index (χ0v) is 12.3. The summed E-state index contributed by atoms with van der Waals surface area (Å²) in [6.07, 6.45) is 6.39. The molecular formula is C13H23FO4S. The van der Waals surface area contributed by atoms with E-state index in [1.165, 1.54) is 0 Å². The molecular weight excluding hydrogens is 271 g/mol. The highest BCUT2D eigenvalue weighted by molar-refractivity contribution is 7.91. The largest absolute Gasteiger partial charge is 0.458 e. The van der Waals surface area contributed by atoms with Gasteiger partial charge in [0.2, 0.25) is 5.50 Å². The molecule has 0 aromatic rings. The number of sulfone groups is 1. The third kappa shape index (κ3) is 8.75. The second kappa shape index (κ2) is 9.95. The molecule has 0 spiro atoms. The van der Waals surface area contributed by atoms with Gasteiger partial charge < -0.3 is 4.74 Å². The van der Waals surface area contributed by atoms with Crippen molar-refractivity contribution in [3.8, 4) is 0 Å². The molecule has 0 aliphatic heterocycles. The first-order chi connectivity index (χ1) is 8.94. The number of halogens is 1. The Balaban J connectivity index is 3.89. The van der Waals surface area contributed by atoms with Crippen LogP contribution in [-0.4, -0.2) is 32.3 Å². The van der Waals surface area contributed by atoms with Crippen molar-refractivity contribution in [3.63, 3.8) is 0 Å². The molecule has 0 saturated carbocycles. The van der Waals surface area contributed by atoms with Crippen LogP contribution >= 0.6 is 0 Å². The molecule has 0 rings (SSSR count). The maximum Gasteiger partial charge on any atom is 0.330 e. The molecule has 0 fully saturated rings. The molecule has 0 aliphatic rings. The fourth-order valence-corrected chi connectivity index (χ4v) is 2.66. The van der Waals surface area contributed by atoms with E-state index in [0.717, 1.165) is 38.2 Å². The van der Waals surface area contributed by atoms with Crippen LogP contribution in [0.25, 0.3) is 0 Å². The van der Waals surface area contributed by atoms with Crippen LogP contribution in [0.3, 0.4) is 0 Å². The Bertz CT molecular complexity index is 365. The number of esters is 1. The van der Waals surface area contributed by atoms with Crippen molar-refractivity contribution in [1.82, 2.24) is 0 Å². The van der Waals surface area contributed by atoms with Gasteiger partial charge >= 0.3 is 5.97 Å². The summed E-state index contributed by atoms with van der Waals surface area (Å²) in [7, 11) is -3.84. The third-order valence-corrected chi connectivity index (χ3v) is 4.47. The Morgan fingerprint density at radius 2 is 1.84 bits per heavy atom. The molecule has 112 valence electrons. The van der Waals surface area contributed by atoms with Gasteiger partial charge in [-0.25, -0.2) is 17.6 Å². The molecule has 1 unspecified atom stereocenters. The number of ether oxygens (including phenoxy) is 1. The molecule has 4 nitrogen and oxygen atoms in total. The summed E-state index contributed by atoms with van der Waals surface area (Å²) >= 11 is 0. The van der Waals surface area contributed by atoms with Gasteiger partial charge in [-0.3, -0.25) is 0 Å². The topological polar surface area (TPSA) is 60.4 Å². The van der Waals surface area contributed by atoms with Crippen molar-refractivity contribution in [2.24, 2.45) is 0 Å². The molecule has 6 heteroatoms. The molecule has 0 aliphatic carbocycles. The van der Waals surface area contributed by atoms with Crippen LogP contribution in [-0.2, 0) is 19.4 Å². The zero-order valence-electron chi connectivity index (χ0n) is 11.4. The molecule has 0 amide bonds. The molecule has 0 heterocycles. The number of hydrogen-bond donors (Lipinski definition) is 0. The van der Waals surface area contributed by atoms with Crippen molar-refractivity contribution in [2.45, 2.75) is 51.0 Å². The normalized spacial score (nSPS) is 12.9. The first-order valence-corrected chi connectivity index (χ1v) is 8.30. The predicted octanol–water partition coefficient (Wildman–Crippen LogP) is 2.79. The smallest absolute Gasteiger partial charge is 0.330 e. The van der Waals surface area contributed by atoms with Crippen molar-refractivity contribution in [3.05, 3.63) is 12.7 Å². The molecule has 0 aromatic carbocycles. The van der Waals surface area contributed by atoms with Gasteiger partial charge in [-0.2, -0.15) is 0 Å². The second-order valence-electron chi connectivity index (χ2n) is 4.38. The van der Waals surface area contributed by atoms with E-state index in [1.807, 2.05) is 0 Å². The lowest BCUT2D eigenvalue weighted by Crippen LogP contribution is -2.25. The van der Waals surface area contributed by atoms with Crippen molar-refractivity contribution in [1.29, 1.82) is 0 Å². The Morgan fingerprint density at radius 3 is 2.42 bits per heavy atom. The fraction of sp³-hybridized carbons (Fsp3) is 0.769.